The van der Waals surface area contributed by atoms with Crippen molar-refractivity contribution in [3.05, 3.63) is 23.8 Å². The van der Waals surface area contributed by atoms with Gasteiger partial charge in [0.05, 0.1) is 0 Å². The summed E-state index contributed by atoms with van der Waals surface area (Å²) in [5.74, 6) is 0. The molecule has 1 N–H and O–H groups in total. The van der Waals surface area contributed by atoms with E-state index in [4.69, 9.17) is 0 Å². The van der Waals surface area contributed by atoms with Gasteiger partial charge in [0.2, 0.25) is 0 Å². The summed E-state index contributed by atoms with van der Waals surface area (Å²) in [6.07, 6.45) is 0. The Balaban J connectivity index is 2.78. The summed E-state index contributed by atoms with van der Waals surface area (Å²) in [6, 6.07) is 5.46. The smallest absolute Gasteiger partial charge is 0.321 e. The maximum absolute atomic E-state index is 11.3. The van der Waals surface area contributed by atoms with Crippen molar-refractivity contribution >= 4 is 24.3 Å². The maximum Gasteiger partial charge on any atom is 0.321 e. The Labute approximate surface area is 89.5 Å². The molecule has 0 aliphatic heterocycles. The van der Waals surface area contributed by atoms with Gasteiger partial charge in [-0.25, -0.2) is 4.79 Å². The normalized spacial score (nSPS) is 9.71. The summed E-state index contributed by atoms with van der Waals surface area (Å²) in [6.45, 7) is 1.95. The van der Waals surface area contributed by atoms with Crippen LogP contribution in [-0.2, 0) is 0 Å². The van der Waals surface area contributed by atoms with Crippen molar-refractivity contribution in [1.29, 1.82) is 0 Å². The lowest BCUT2D eigenvalue weighted by Gasteiger charge is -2.12. The van der Waals surface area contributed by atoms with Gasteiger partial charge in [-0.05, 0) is 30.7 Å². The highest BCUT2D eigenvalue weighted by Gasteiger charge is 2.04. The van der Waals surface area contributed by atoms with E-state index in [1.54, 1.807) is 14.1 Å². The molecule has 0 atom stereocenters. The SMILES string of the molecule is Cc1cc(NC(=O)N(C)C)ccc1S. The number of anilines is 1. The predicted octanol–water partition coefficient (Wildman–Crippen LogP) is 2.38. The van der Waals surface area contributed by atoms with Gasteiger partial charge in [0.1, 0.15) is 0 Å². The number of nitrogens with zero attached hydrogens (tertiary/aromatic N) is 1. The predicted molar refractivity (Wildman–Crippen MR) is 61.1 cm³/mol. The Bertz CT molecular complexity index is 350. The van der Waals surface area contributed by atoms with Crippen molar-refractivity contribution in [3.8, 4) is 0 Å². The number of benzene rings is 1. The first-order valence-electron chi connectivity index (χ1n) is 4.28. The number of thiol groups is 1. The van der Waals surface area contributed by atoms with Gasteiger partial charge in [-0.3, -0.25) is 0 Å². The molecule has 0 aliphatic carbocycles. The average molecular weight is 210 g/mol. The van der Waals surface area contributed by atoms with Gasteiger partial charge in [0.15, 0.2) is 0 Å². The molecule has 0 heterocycles. The third-order valence-corrected chi connectivity index (χ3v) is 2.36. The molecule has 0 saturated carbocycles. The third-order valence-electron chi connectivity index (χ3n) is 1.85. The topological polar surface area (TPSA) is 32.3 Å². The number of hydrogen-bond donors (Lipinski definition) is 2. The molecule has 0 fully saturated rings. The molecule has 0 aromatic heterocycles. The lowest BCUT2D eigenvalue weighted by molar-refractivity contribution is 0.230. The fourth-order valence-electron chi connectivity index (χ4n) is 0.968. The lowest BCUT2D eigenvalue weighted by Crippen LogP contribution is -2.27. The molecule has 0 unspecified atom stereocenters. The van der Waals surface area contributed by atoms with E-state index in [2.05, 4.69) is 17.9 Å². The molecule has 0 aliphatic rings. The Morgan fingerprint density at radius 1 is 1.43 bits per heavy atom. The summed E-state index contributed by atoms with van der Waals surface area (Å²) in [5, 5.41) is 2.76. The first-order valence-corrected chi connectivity index (χ1v) is 4.73. The van der Waals surface area contributed by atoms with Crippen molar-refractivity contribution in [2.24, 2.45) is 0 Å². The van der Waals surface area contributed by atoms with Gasteiger partial charge in [-0.1, -0.05) is 0 Å². The Hall–Kier alpha value is -1.16. The fraction of sp³-hybridized carbons (Fsp3) is 0.300. The zero-order chi connectivity index (χ0) is 10.7. The summed E-state index contributed by atoms with van der Waals surface area (Å²) >= 11 is 4.25. The van der Waals surface area contributed by atoms with Crippen LogP contribution in [0.2, 0.25) is 0 Å². The minimum Gasteiger partial charge on any atom is -0.331 e. The molecule has 4 heteroatoms. The molecule has 0 saturated heterocycles. The van der Waals surface area contributed by atoms with Crippen LogP contribution in [0.1, 0.15) is 5.56 Å². The number of aryl methyl sites for hydroxylation is 1. The second-order valence-electron chi connectivity index (χ2n) is 3.33. The average Bonchev–Trinajstić information content (AvgIpc) is 2.11. The second kappa shape index (κ2) is 4.37. The molecule has 14 heavy (non-hydrogen) atoms. The standard InChI is InChI=1S/C10H14N2OS/c1-7-6-8(4-5-9(7)14)11-10(13)12(2)3/h4-6,14H,1-3H3,(H,11,13). The highest BCUT2D eigenvalue weighted by molar-refractivity contribution is 7.80. The van der Waals surface area contributed by atoms with Crippen LogP contribution in [0.15, 0.2) is 23.1 Å². The van der Waals surface area contributed by atoms with E-state index in [9.17, 15) is 4.79 Å². The highest BCUT2D eigenvalue weighted by atomic mass is 32.1. The van der Waals surface area contributed by atoms with E-state index in [1.165, 1.54) is 4.90 Å². The fourth-order valence-corrected chi connectivity index (χ4v) is 1.11. The van der Waals surface area contributed by atoms with Gasteiger partial charge < -0.3 is 10.2 Å². The first-order chi connectivity index (χ1) is 6.50. The Morgan fingerprint density at radius 2 is 2.07 bits per heavy atom. The summed E-state index contributed by atoms with van der Waals surface area (Å²) < 4.78 is 0. The Kier molecular flexibility index (Phi) is 3.41. The van der Waals surface area contributed by atoms with E-state index in [-0.39, 0.29) is 6.03 Å². The van der Waals surface area contributed by atoms with Gasteiger partial charge in [-0.2, -0.15) is 0 Å². The van der Waals surface area contributed by atoms with Gasteiger partial charge in [0.25, 0.3) is 0 Å². The van der Waals surface area contributed by atoms with Crippen molar-refractivity contribution in [2.75, 3.05) is 19.4 Å². The van der Waals surface area contributed by atoms with Gasteiger partial charge >= 0.3 is 6.03 Å². The molecule has 76 valence electrons. The van der Waals surface area contributed by atoms with Crippen molar-refractivity contribution in [1.82, 2.24) is 4.90 Å². The maximum atomic E-state index is 11.3. The van der Waals surface area contributed by atoms with E-state index in [0.29, 0.717) is 0 Å². The molecule has 3 nitrogen and oxygen atoms in total. The molecule has 0 radical (unpaired) electrons. The summed E-state index contributed by atoms with van der Waals surface area (Å²) in [7, 11) is 3.41. The van der Waals surface area contributed by atoms with Crippen molar-refractivity contribution < 1.29 is 4.79 Å². The number of carbonyl (C=O) groups is 1. The van der Waals surface area contributed by atoms with Crippen LogP contribution in [0.5, 0.6) is 0 Å². The van der Waals surface area contributed by atoms with Crippen LogP contribution < -0.4 is 5.32 Å². The lowest BCUT2D eigenvalue weighted by atomic mass is 10.2. The van der Waals surface area contributed by atoms with E-state index >= 15 is 0 Å². The van der Waals surface area contributed by atoms with E-state index in [0.717, 1.165) is 16.1 Å². The van der Waals surface area contributed by atoms with Crippen LogP contribution in [0.25, 0.3) is 0 Å². The summed E-state index contributed by atoms with van der Waals surface area (Å²) in [4.78, 5) is 13.7. The molecule has 2 amide bonds. The highest BCUT2D eigenvalue weighted by Crippen LogP contribution is 2.17. The number of urea groups is 1. The monoisotopic (exact) mass is 210 g/mol. The zero-order valence-electron chi connectivity index (χ0n) is 8.53. The summed E-state index contributed by atoms with van der Waals surface area (Å²) in [5.41, 5.74) is 1.84. The van der Waals surface area contributed by atoms with Crippen LogP contribution in [0.4, 0.5) is 10.5 Å². The minimum atomic E-state index is -0.128. The number of rotatable bonds is 1. The third kappa shape index (κ3) is 2.67. The molecule has 0 bridgehead atoms. The number of carbonyl (C=O) groups excluding carboxylic acids is 1. The minimum absolute atomic E-state index is 0.128. The van der Waals surface area contributed by atoms with Crippen LogP contribution in [0.3, 0.4) is 0 Å². The molecule has 1 aromatic rings. The van der Waals surface area contributed by atoms with E-state index < -0.39 is 0 Å². The number of amides is 2. The van der Waals surface area contributed by atoms with Crippen LogP contribution in [0, 0.1) is 6.92 Å². The quantitative estimate of drug-likeness (QED) is 0.685. The Morgan fingerprint density at radius 3 is 2.57 bits per heavy atom. The van der Waals surface area contributed by atoms with Crippen molar-refractivity contribution in [2.45, 2.75) is 11.8 Å². The molecular weight excluding hydrogens is 196 g/mol. The van der Waals surface area contributed by atoms with Crippen LogP contribution >= 0.6 is 12.6 Å². The molecule has 0 spiro atoms. The molecule has 1 aromatic carbocycles. The molecule has 1 rings (SSSR count). The van der Waals surface area contributed by atoms with Gasteiger partial charge in [-0.15, -0.1) is 12.6 Å². The van der Waals surface area contributed by atoms with Crippen molar-refractivity contribution in [3.63, 3.8) is 0 Å². The number of nitrogens with one attached hydrogen (secondary N) is 1. The van der Waals surface area contributed by atoms with Gasteiger partial charge in [0, 0.05) is 24.7 Å². The zero-order valence-corrected chi connectivity index (χ0v) is 9.43. The molecular formula is C10H14N2OS. The largest absolute Gasteiger partial charge is 0.331 e. The van der Waals surface area contributed by atoms with Crippen LogP contribution in [-0.4, -0.2) is 25.0 Å². The number of hydrogen-bond acceptors (Lipinski definition) is 2. The van der Waals surface area contributed by atoms with E-state index in [1.807, 2.05) is 25.1 Å². The first kappa shape index (κ1) is 10.9. The second-order valence-corrected chi connectivity index (χ2v) is 3.81.